The van der Waals surface area contributed by atoms with Crippen molar-refractivity contribution in [3.05, 3.63) is 102 Å². The molecule has 7 nitrogen and oxygen atoms in total. The van der Waals surface area contributed by atoms with Crippen LogP contribution in [-0.4, -0.2) is 73.1 Å². The number of hydrogen-bond donors (Lipinski definition) is 1. The van der Waals surface area contributed by atoms with Crippen LogP contribution in [0.3, 0.4) is 0 Å². The number of amides is 1. The van der Waals surface area contributed by atoms with E-state index in [1.54, 1.807) is 49.1 Å². The van der Waals surface area contributed by atoms with E-state index in [1.165, 1.54) is 9.21 Å². The molecular formula is C29H36N2O5S2. The monoisotopic (exact) mass is 556 g/mol. The minimum Gasteiger partial charge on any atom is -0.445 e. The second kappa shape index (κ2) is 14.9. The highest BCUT2D eigenvalue weighted by Gasteiger charge is 2.33. The first-order valence-electron chi connectivity index (χ1n) is 12.5. The summed E-state index contributed by atoms with van der Waals surface area (Å²) in [4.78, 5) is 14.6. The van der Waals surface area contributed by atoms with Crippen LogP contribution in [0.1, 0.15) is 17.5 Å². The first kappa shape index (κ1) is 29.7. The molecule has 0 aromatic heterocycles. The molecule has 9 heteroatoms. The summed E-state index contributed by atoms with van der Waals surface area (Å²) in [6, 6.07) is 26.4. The molecule has 0 fully saturated rings. The molecule has 0 bridgehead atoms. The van der Waals surface area contributed by atoms with Gasteiger partial charge in [0.25, 0.3) is 0 Å². The van der Waals surface area contributed by atoms with Gasteiger partial charge < -0.3 is 14.7 Å². The predicted molar refractivity (Wildman–Crippen MR) is 153 cm³/mol. The highest BCUT2D eigenvalue weighted by molar-refractivity contribution is 7.98. The van der Waals surface area contributed by atoms with E-state index in [9.17, 15) is 18.3 Å². The van der Waals surface area contributed by atoms with Gasteiger partial charge in [-0.2, -0.15) is 16.1 Å². The van der Waals surface area contributed by atoms with Gasteiger partial charge in [0.2, 0.25) is 10.0 Å². The molecule has 0 saturated heterocycles. The Kier molecular flexibility index (Phi) is 11.7. The van der Waals surface area contributed by atoms with Crippen molar-refractivity contribution in [2.45, 2.75) is 36.5 Å². The fraction of sp³-hybridized carbons (Fsp3) is 0.345. The summed E-state index contributed by atoms with van der Waals surface area (Å²) in [6.07, 6.45) is 1.20. The van der Waals surface area contributed by atoms with Gasteiger partial charge in [-0.1, -0.05) is 78.9 Å². The Bertz CT molecular complexity index is 1210. The van der Waals surface area contributed by atoms with Crippen molar-refractivity contribution in [3.8, 4) is 0 Å². The Labute approximate surface area is 230 Å². The van der Waals surface area contributed by atoms with Crippen molar-refractivity contribution in [3.63, 3.8) is 0 Å². The van der Waals surface area contributed by atoms with Crippen molar-refractivity contribution in [2.24, 2.45) is 0 Å². The average Bonchev–Trinajstić information content (AvgIpc) is 2.95. The van der Waals surface area contributed by atoms with E-state index in [0.29, 0.717) is 12.8 Å². The molecule has 204 valence electrons. The van der Waals surface area contributed by atoms with Gasteiger partial charge in [-0.15, -0.1) is 0 Å². The summed E-state index contributed by atoms with van der Waals surface area (Å²) < 4.78 is 33.9. The van der Waals surface area contributed by atoms with Crippen LogP contribution in [0.4, 0.5) is 4.79 Å². The summed E-state index contributed by atoms with van der Waals surface area (Å²) in [7, 11) is -2.27. The van der Waals surface area contributed by atoms with Gasteiger partial charge in [0.05, 0.1) is 17.0 Å². The van der Waals surface area contributed by atoms with E-state index < -0.39 is 28.3 Å². The van der Waals surface area contributed by atoms with Gasteiger partial charge in [0.1, 0.15) is 6.61 Å². The number of sulfonamides is 1. The first-order valence-corrected chi connectivity index (χ1v) is 15.4. The molecule has 0 radical (unpaired) electrons. The molecule has 0 aliphatic carbocycles. The zero-order chi connectivity index (χ0) is 27.4. The van der Waals surface area contributed by atoms with Gasteiger partial charge in [-0.25, -0.2) is 13.2 Å². The van der Waals surface area contributed by atoms with Crippen molar-refractivity contribution in [2.75, 3.05) is 32.1 Å². The number of benzene rings is 3. The van der Waals surface area contributed by atoms with Crippen molar-refractivity contribution < 1.29 is 23.1 Å². The van der Waals surface area contributed by atoms with E-state index in [4.69, 9.17) is 4.74 Å². The van der Waals surface area contributed by atoms with E-state index in [0.717, 1.165) is 16.9 Å². The van der Waals surface area contributed by atoms with Crippen molar-refractivity contribution in [1.29, 1.82) is 0 Å². The van der Waals surface area contributed by atoms with Gasteiger partial charge >= 0.3 is 6.09 Å². The molecule has 2 atom stereocenters. The number of thioether (sulfide) groups is 1. The van der Waals surface area contributed by atoms with Crippen molar-refractivity contribution >= 4 is 27.9 Å². The number of carbonyl (C=O) groups excluding carboxylic acids is 1. The Morgan fingerprint density at radius 1 is 0.921 bits per heavy atom. The number of rotatable bonds is 14. The van der Waals surface area contributed by atoms with Gasteiger partial charge in [-0.05, 0) is 48.1 Å². The Hall–Kier alpha value is -2.85. The zero-order valence-electron chi connectivity index (χ0n) is 21.8. The van der Waals surface area contributed by atoms with E-state index in [-0.39, 0.29) is 24.6 Å². The predicted octanol–water partition coefficient (Wildman–Crippen LogP) is 4.67. The summed E-state index contributed by atoms with van der Waals surface area (Å²) in [5.41, 5.74) is 1.77. The zero-order valence-corrected chi connectivity index (χ0v) is 23.5. The number of aliphatic hydroxyl groups is 1. The lowest BCUT2D eigenvalue weighted by atomic mass is 10.00. The van der Waals surface area contributed by atoms with E-state index >= 15 is 0 Å². The first-order chi connectivity index (χ1) is 18.3. The number of aliphatic hydroxyl groups excluding tert-OH is 1. The van der Waals surface area contributed by atoms with E-state index in [1.807, 2.05) is 66.9 Å². The molecule has 1 amide bonds. The highest BCUT2D eigenvalue weighted by atomic mass is 32.2. The molecule has 3 aromatic rings. The molecule has 0 aliphatic heterocycles. The van der Waals surface area contributed by atoms with Crippen molar-refractivity contribution in [1.82, 2.24) is 9.21 Å². The number of likely N-dealkylation sites (N-methyl/N-ethyl adjacent to an activating group) is 1. The van der Waals surface area contributed by atoms with Gasteiger partial charge in [0.15, 0.2) is 0 Å². The Morgan fingerprint density at radius 3 is 2.05 bits per heavy atom. The Morgan fingerprint density at radius 2 is 1.47 bits per heavy atom. The smallest absolute Gasteiger partial charge is 0.410 e. The maximum atomic E-state index is 13.5. The molecule has 3 rings (SSSR count). The van der Waals surface area contributed by atoms with Crippen LogP contribution >= 0.6 is 11.8 Å². The third-order valence-electron chi connectivity index (χ3n) is 6.25. The summed E-state index contributed by atoms with van der Waals surface area (Å²) in [5.74, 6) is 0.788. The molecule has 38 heavy (non-hydrogen) atoms. The number of ether oxygens (including phenoxy) is 1. The third kappa shape index (κ3) is 8.59. The molecule has 2 unspecified atom stereocenters. The van der Waals surface area contributed by atoms with Crippen LogP contribution in [0.25, 0.3) is 0 Å². The second-order valence-electron chi connectivity index (χ2n) is 9.00. The number of carbonyl (C=O) groups is 1. The second-order valence-corrected chi connectivity index (χ2v) is 11.9. The third-order valence-corrected chi connectivity index (χ3v) is 8.83. The molecule has 0 spiro atoms. The fourth-order valence-electron chi connectivity index (χ4n) is 4.11. The average molecular weight is 557 g/mol. The molecule has 0 heterocycles. The number of nitrogens with zero attached hydrogens (tertiary/aromatic N) is 2. The summed E-state index contributed by atoms with van der Waals surface area (Å²) in [5, 5.41) is 11.5. The van der Waals surface area contributed by atoms with Gasteiger partial charge in [0, 0.05) is 20.1 Å². The molecule has 0 aliphatic rings. The van der Waals surface area contributed by atoms with Crippen LogP contribution in [0, 0.1) is 0 Å². The molecular weight excluding hydrogens is 520 g/mol. The van der Waals surface area contributed by atoms with Crippen LogP contribution < -0.4 is 0 Å². The number of hydrogen-bond acceptors (Lipinski definition) is 6. The minimum absolute atomic E-state index is 0.0986. The quantitative estimate of drug-likeness (QED) is 0.291. The SMILES string of the molecule is CSCCCN(CC(O)C(Cc1ccccc1)N(C)C(=O)OCc1ccccc1)S(=O)(=O)c1ccccc1. The molecule has 0 saturated carbocycles. The summed E-state index contributed by atoms with van der Waals surface area (Å²) in [6.45, 7) is 0.204. The Balaban J connectivity index is 1.82. The maximum absolute atomic E-state index is 13.5. The maximum Gasteiger partial charge on any atom is 0.410 e. The standard InChI is InChI=1S/C29H36N2O5S2/c1-30(29(33)36-23-25-15-8-4-9-16-25)27(21-24-13-6-3-7-14-24)28(32)22-31(19-12-20-37-2)38(34,35)26-17-10-5-11-18-26/h3-11,13-18,27-28,32H,12,19-23H2,1-2H3. The van der Waals surface area contributed by atoms with Crippen LogP contribution in [0.15, 0.2) is 95.9 Å². The lowest BCUT2D eigenvalue weighted by molar-refractivity contribution is 0.0341. The largest absolute Gasteiger partial charge is 0.445 e. The lowest BCUT2D eigenvalue weighted by Gasteiger charge is -2.34. The topological polar surface area (TPSA) is 87.2 Å². The lowest BCUT2D eigenvalue weighted by Crippen LogP contribution is -2.51. The molecule has 3 aromatic carbocycles. The fourth-order valence-corrected chi connectivity index (χ4v) is 6.05. The normalized spacial score (nSPS) is 13.2. The van der Waals surface area contributed by atoms with Gasteiger partial charge in [-0.3, -0.25) is 0 Å². The molecule has 1 N–H and O–H groups in total. The minimum atomic E-state index is -3.85. The highest BCUT2D eigenvalue weighted by Crippen LogP contribution is 2.20. The van der Waals surface area contributed by atoms with Crippen LogP contribution in [0.2, 0.25) is 0 Å². The van der Waals surface area contributed by atoms with Crippen LogP contribution in [0.5, 0.6) is 0 Å². The summed E-state index contributed by atoms with van der Waals surface area (Å²) >= 11 is 1.64. The van der Waals surface area contributed by atoms with E-state index in [2.05, 4.69) is 0 Å². The van der Waals surface area contributed by atoms with Crippen LogP contribution in [-0.2, 0) is 27.8 Å².